The molecule has 1 atom stereocenters. The SMILES string of the molecule is COc1cc(C)ccc1CCC(C)C(=O)O. The molecule has 16 heavy (non-hydrogen) atoms. The fraction of sp³-hybridized carbons (Fsp3) is 0.462. The minimum absolute atomic E-state index is 0.314. The van der Waals surface area contributed by atoms with E-state index in [-0.39, 0.29) is 5.92 Å². The van der Waals surface area contributed by atoms with Crippen molar-refractivity contribution < 1.29 is 14.6 Å². The molecule has 0 aliphatic carbocycles. The van der Waals surface area contributed by atoms with Crippen LogP contribution >= 0.6 is 0 Å². The fourth-order valence-corrected chi connectivity index (χ4v) is 1.55. The summed E-state index contributed by atoms with van der Waals surface area (Å²) < 4.78 is 5.27. The molecule has 0 aliphatic rings. The quantitative estimate of drug-likeness (QED) is 0.833. The van der Waals surface area contributed by atoms with Gasteiger partial charge in [-0.3, -0.25) is 4.79 Å². The van der Waals surface area contributed by atoms with Crippen LogP contribution in [0, 0.1) is 12.8 Å². The number of methoxy groups -OCH3 is 1. The van der Waals surface area contributed by atoms with Crippen LogP contribution in [0.3, 0.4) is 0 Å². The summed E-state index contributed by atoms with van der Waals surface area (Å²) in [6.45, 7) is 3.73. The molecule has 0 aromatic heterocycles. The number of ether oxygens (including phenoxy) is 1. The van der Waals surface area contributed by atoms with Gasteiger partial charge in [-0.25, -0.2) is 0 Å². The Bertz CT molecular complexity index is 371. The number of rotatable bonds is 5. The monoisotopic (exact) mass is 222 g/mol. The largest absolute Gasteiger partial charge is 0.496 e. The number of hydrogen-bond donors (Lipinski definition) is 1. The van der Waals surface area contributed by atoms with Crippen molar-refractivity contribution in [2.24, 2.45) is 5.92 Å². The molecule has 1 aromatic rings. The lowest BCUT2D eigenvalue weighted by Crippen LogP contribution is -2.10. The molecule has 3 heteroatoms. The van der Waals surface area contributed by atoms with Crippen molar-refractivity contribution in [3.63, 3.8) is 0 Å². The molecule has 88 valence electrons. The summed E-state index contributed by atoms with van der Waals surface area (Å²) in [5, 5.41) is 8.80. The summed E-state index contributed by atoms with van der Waals surface area (Å²) in [7, 11) is 1.64. The molecule has 0 aliphatic heterocycles. The molecule has 1 rings (SSSR count). The lowest BCUT2D eigenvalue weighted by molar-refractivity contribution is -0.141. The number of carbonyl (C=O) groups is 1. The molecule has 1 aromatic carbocycles. The van der Waals surface area contributed by atoms with Crippen molar-refractivity contribution in [1.82, 2.24) is 0 Å². The molecule has 0 heterocycles. The van der Waals surface area contributed by atoms with Gasteiger partial charge < -0.3 is 9.84 Å². The van der Waals surface area contributed by atoms with Gasteiger partial charge in [-0.1, -0.05) is 19.1 Å². The van der Waals surface area contributed by atoms with Gasteiger partial charge in [0.25, 0.3) is 0 Å². The van der Waals surface area contributed by atoms with Gasteiger partial charge in [0.1, 0.15) is 5.75 Å². The lowest BCUT2D eigenvalue weighted by Gasteiger charge is -2.10. The Balaban J connectivity index is 2.70. The molecular weight excluding hydrogens is 204 g/mol. The zero-order chi connectivity index (χ0) is 12.1. The summed E-state index contributed by atoms with van der Waals surface area (Å²) in [5.41, 5.74) is 2.22. The highest BCUT2D eigenvalue weighted by molar-refractivity contribution is 5.69. The molecule has 0 spiro atoms. The van der Waals surface area contributed by atoms with Crippen molar-refractivity contribution in [3.05, 3.63) is 29.3 Å². The first-order valence-electron chi connectivity index (χ1n) is 5.41. The van der Waals surface area contributed by atoms with E-state index in [4.69, 9.17) is 9.84 Å². The van der Waals surface area contributed by atoms with Crippen molar-refractivity contribution in [3.8, 4) is 5.75 Å². The minimum atomic E-state index is -0.744. The van der Waals surface area contributed by atoms with Crippen molar-refractivity contribution >= 4 is 5.97 Å². The Morgan fingerprint density at radius 1 is 1.50 bits per heavy atom. The van der Waals surface area contributed by atoms with Crippen molar-refractivity contribution in [1.29, 1.82) is 0 Å². The van der Waals surface area contributed by atoms with Crippen LogP contribution in [0.25, 0.3) is 0 Å². The molecule has 0 fully saturated rings. The zero-order valence-electron chi connectivity index (χ0n) is 9.99. The van der Waals surface area contributed by atoms with Gasteiger partial charge in [-0.15, -0.1) is 0 Å². The van der Waals surface area contributed by atoms with Gasteiger partial charge >= 0.3 is 5.97 Å². The second kappa shape index (κ2) is 5.54. The van der Waals surface area contributed by atoms with E-state index in [1.165, 1.54) is 0 Å². The zero-order valence-corrected chi connectivity index (χ0v) is 9.99. The maximum atomic E-state index is 10.7. The highest BCUT2D eigenvalue weighted by Crippen LogP contribution is 2.22. The topological polar surface area (TPSA) is 46.5 Å². The Labute approximate surface area is 96.1 Å². The van der Waals surface area contributed by atoms with Crippen LogP contribution in [0.4, 0.5) is 0 Å². The first-order chi connectivity index (χ1) is 7.54. The lowest BCUT2D eigenvalue weighted by atomic mass is 10.00. The second-order valence-corrected chi connectivity index (χ2v) is 4.09. The third-order valence-electron chi connectivity index (χ3n) is 2.71. The van der Waals surface area contributed by atoms with Crippen LogP contribution in [-0.2, 0) is 11.2 Å². The van der Waals surface area contributed by atoms with Gasteiger partial charge in [0.05, 0.1) is 13.0 Å². The maximum Gasteiger partial charge on any atom is 0.306 e. The number of aryl methyl sites for hydroxylation is 2. The van der Waals surface area contributed by atoms with E-state index >= 15 is 0 Å². The molecule has 0 amide bonds. The fourth-order valence-electron chi connectivity index (χ4n) is 1.55. The normalized spacial score (nSPS) is 12.2. The Morgan fingerprint density at radius 2 is 2.19 bits per heavy atom. The van der Waals surface area contributed by atoms with E-state index in [2.05, 4.69) is 0 Å². The van der Waals surface area contributed by atoms with E-state index < -0.39 is 5.97 Å². The number of benzene rings is 1. The first-order valence-corrected chi connectivity index (χ1v) is 5.41. The van der Waals surface area contributed by atoms with Crippen LogP contribution in [0.1, 0.15) is 24.5 Å². The predicted molar refractivity (Wildman–Crippen MR) is 62.9 cm³/mol. The molecular formula is C13H18O3. The smallest absolute Gasteiger partial charge is 0.306 e. The summed E-state index contributed by atoms with van der Waals surface area (Å²) in [6.07, 6.45) is 1.37. The van der Waals surface area contributed by atoms with Gasteiger partial charge in [0, 0.05) is 0 Å². The van der Waals surface area contributed by atoms with Crippen LogP contribution in [0.2, 0.25) is 0 Å². The number of aliphatic carboxylic acids is 1. The Kier molecular flexibility index (Phi) is 4.35. The second-order valence-electron chi connectivity index (χ2n) is 4.09. The highest BCUT2D eigenvalue weighted by atomic mass is 16.5. The highest BCUT2D eigenvalue weighted by Gasteiger charge is 2.12. The number of hydrogen-bond acceptors (Lipinski definition) is 2. The van der Waals surface area contributed by atoms with E-state index in [0.717, 1.165) is 23.3 Å². The van der Waals surface area contributed by atoms with E-state index in [0.29, 0.717) is 6.42 Å². The maximum absolute atomic E-state index is 10.7. The molecule has 1 N–H and O–H groups in total. The van der Waals surface area contributed by atoms with E-state index in [9.17, 15) is 4.79 Å². The number of carboxylic acid groups (broad SMARTS) is 1. The van der Waals surface area contributed by atoms with E-state index in [1.807, 2.05) is 25.1 Å². The summed E-state index contributed by atoms with van der Waals surface area (Å²) in [6, 6.07) is 5.99. The Morgan fingerprint density at radius 3 is 2.75 bits per heavy atom. The van der Waals surface area contributed by atoms with Crippen LogP contribution in [0.5, 0.6) is 5.75 Å². The predicted octanol–water partition coefficient (Wildman–Crippen LogP) is 2.66. The third-order valence-corrected chi connectivity index (χ3v) is 2.71. The molecule has 0 bridgehead atoms. The van der Waals surface area contributed by atoms with Crippen LogP contribution in [0.15, 0.2) is 18.2 Å². The average Bonchev–Trinajstić information content (AvgIpc) is 2.26. The first kappa shape index (κ1) is 12.6. The average molecular weight is 222 g/mol. The van der Waals surface area contributed by atoms with Gasteiger partial charge in [0.15, 0.2) is 0 Å². The van der Waals surface area contributed by atoms with E-state index in [1.54, 1.807) is 14.0 Å². The molecule has 0 saturated heterocycles. The van der Waals surface area contributed by atoms with Gasteiger partial charge in [-0.05, 0) is 37.0 Å². The van der Waals surface area contributed by atoms with Crippen molar-refractivity contribution in [2.45, 2.75) is 26.7 Å². The Hall–Kier alpha value is -1.51. The number of carboxylic acids is 1. The van der Waals surface area contributed by atoms with Crippen LogP contribution in [-0.4, -0.2) is 18.2 Å². The summed E-state index contributed by atoms with van der Waals surface area (Å²) >= 11 is 0. The third kappa shape index (κ3) is 3.26. The summed E-state index contributed by atoms with van der Waals surface area (Å²) in [4.78, 5) is 10.7. The van der Waals surface area contributed by atoms with Gasteiger partial charge in [-0.2, -0.15) is 0 Å². The molecule has 0 saturated carbocycles. The molecule has 3 nitrogen and oxygen atoms in total. The van der Waals surface area contributed by atoms with Gasteiger partial charge in [0.2, 0.25) is 0 Å². The van der Waals surface area contributed by atoms with Crippen molar-refractivity contribution in [2.75, 3.05) is 7.11 Å². The standard InChI is InChI=1S/C13H18O3/c1-9-4-6-11(12(8-9)16-3)7-5-10(2)13(14)15/h4,6,8,10H,5,7H2,1-3H3,(H,14,15). The minimum Gasteiger partial charge on any atom is -0.496 e. The van der Waals surface area contributed by atoms with Crippen LogP contribution < -0.4 is 4.74 Å². The summed E-state index contributed by atoms with van der Waals surface area (Å²) in [5.74, 6) is -0.213. The molecule has 1 unspecified atom stereocenters. The molecule has 0 radical (unpaired) electrons.